The minimum atomic E-state index is -3.02. The number of nitrogens with one attached hydrogen (secondary N) is 1. The second-order valence-corrected chi connectivity index (χ2v) is 6.53. The van der Waals surface area contributed by atoms with Crippen LogP contribution in [0.1, 0.15) is 12.8 Å². The summed E-state index contributed by atoms with van der Waals surface area (Å²) < 4.78 is 27.9. The number of para-hydroxylation sites is 1. The van der Waals surface area contributed by atoms with Crippen molar-refractivity contribution in [2.24, 2.45) is 0 Å². The van der Waals surface area contributed by atoms with Crippen LogP contribution >= 0.6 is 0 Å². The molecule has 1 aliphatic heterocycles. The van der Waals surface area contributed by atoms with Crippen LogP contribution in [0.3, 0.4) is 0 Å². The first-order valence-corrected chi connectivity index (χ1v) is 7.61. The van der Waals surface area contributed by atoms with Crippen molar-refractivity contribution in [1.29, 1.82) is 0 Å². The maximum absolute atomic E-state index is 11.6. The van der Waals surface area contributed by atoms with Crippen LogP contribution in [0.15, 0.2) is 30.3 Å². The number of sulfone groups is 1. The number of ether oxygens (including phenoxy) is 1. The molecule has 0 spiro atoms. The average Bonchev–Trinajstić information content (AvgIpc) is 2.28. The Morgan fingerprint density at radius 2 is 2.00 bits per heavy atom. The van der Waals surface area contributed by atoms with Gasteiger partial charge in [-0.1, -0.05) is 18.2 Å². The van der Waals surface area contributed by atoms with Gasteiger partial charge in [0.05, 0.1) is 11.5 Å². The molecular formula is C12H15NO4S. The number of rotatable bonds is 2. The van der Waals surface area contributed by atoms with Crippen LogP contribution in [-0.4, -0.2) is 32.1 Å². The van der Waals surface area contributed by atoms with Crippen LogP contribution in [-0.2, 0) is 9.84 Å². The van der Waals surface area contributed by atoms with E-state index < -0.39 is 15.9 Å². The predicted molar refractivity (Wildman–Crippen MR) is 67.3 cm³/mol. The normalized spacial score (nSPS) is 22.1. The Balaban J connectivity index is 1.88. The predicted octanol–water partition coefficient (Wildman–Crippen LogP) is 1.35. The molecule has 1 unspecified atom stereocenters. The smallest absolute Gasteiger partial charge is 0.410 e. The Bertz CT molecular complexity index is 512. The van der Waals surface area contributed by atoms with Gasteiger partial charge >= 0.3 is 6.09 Å². The maximum Gasteiger partial charge on any atom is 0.412 e. The molecular weight excluding hydrogens is 254 g/mol. The van der Waals surface area contributed by atoms with Crippen LogP contribution in [0.2, 0.25) is 0 Å². The van der Waals surface area contributed by atoms with Gasteiger partial charge in [0.15, 0.2) is 9.84 Å². The van der Waals surface area contributed by atoms with E-state index in [0.29, 0.717) is 18.6 Å². The summed E-state index contributed by atoms with van der Waals surface area (Å²) in [5.74, 6) is 0.643. The molecule has 0 aliphatic carbocycles. The van der Waals surface area contributed by atoms with E-state index in [2.05, 4.69) is 5.32 Å². The Labute approximate surface area is 106 Å². The van der Waals surface area contributed by atoms with Crippen molar-refractivity contribution in [3.63, 3.8) is 0 Å². The van der Waals surface area contributed by atoms with Crippen molar-refractivity contribution in [2.75, 3.05) is 11.5 Å². The summed E-state index contributed by atoms with van der Waals surface area (Å²) in [5, 5.41) is 2.58. The molecule has 18 heavy (non-hydrogen) atoms. The van der Waals surface area contributed by atoms with Crippen LogP contribution in [0, 0.1) is 0 Å². The van der Waals surface area contributed by atoms with Gasteiger partial charge in [0.1, 0.15) is 5.75 Å². The van der Waals surface area contributed by atoms with Crippen molar-refractivity contribution in [1.82, 2.24) is 5.32 Å². The van der Waals surface area contributed by atoms with E-state index in [4.69, 9.17) is 4.74 Å². The summed E-state index contributed by atoms with van der Waals surface area (Å²) in [6.45, 7) is 0. The molecule has 6 heteroatoms. The highest BCUT2D eigenvalue weighted by Crippen LogP contribution is 2.13. The molecule has 1 atom stereocenters. The van der Waals surface area contributed by atoms with Crippen molar-refractivity contribution in [3.8, 4) is 5.75 Å². The summed E-state index contributed by atoms with van der Waals surface area (Å²) in [6.07, 6.45) is 0.644. The highest BCUT2D eigenvalue weighted by Gasteiger charge is 2.26. The molecule has 0 saturated carbocycles. The number of benzene rings is 1. The van der Waals surface area contributed by atoms with Gasteiger partial charge in [-0.05, 0) is 25.0 Å². The van der Waals surface area contributed by atoms with Crippen molar-refractivity contribution in [2.45, 2.75) is 18.9 Å². The van der Waals surface area contributed by atoms with E-state index >= 15 is 0 Å². The first-order valence-electron chi connectivity index (χ1n) is 5.79. The third-order valence-corrected chi connectivity index (χ3v) is 4.56. The topological polar surface area (TPSA) is 72.5 Å². The molecule has 2 rings (SSSR count). The molecule has 5 nitrogen and oxygen atoms in total. The molecule has 1 amide bonds. The van der Waals surface area contributed by atoms with Crippen molar-refractivity contribution in [3.05, 3.63) is 30.3 Å². The summed E-state index contributed by atoms with van der Waals surface area (Å²) in [4.78, 5) is 11.6. The molecule has 1 aromatic rings. The lowest BCUT2D eigenvalue weighted by Gasteiger charge is -2.22. The third kappa shape index (κ3) is 3.73. The van der Waals surface area contributed by atoms with Crippen molar-refractivity contribution < 1.29 is 17.9 Å². The van der Waals surface area contributed by atoms with E-state index in [0.717, 1.165) is 0 Å². The van der Waals surface area contributed by atoms with Gasteiger partial charge < -0.3 is 10.1 Å². The van der Waals surface area contributed by atoms with Gasteiger partial charge in [0, 0.05) is 6.04 Å². The van der Waals surface area contributed by atoms with E-state index in [1.165, 1.54) is 0 Å². The van der Waals surface area contributed by atoms with Gasteiger partial charge in [0.2, 0.25) is 0 Å². The maximum atomic E-state index is 11.6. The minimum absolute atomic E-state index is 0.00309. The molecule has 0 aromatic heterocycles. The second-order valence-electron chi connectivity index (χ2n) is 4.30. The zero-order valence-electron chi connectivity index (χ0n) is 9.83. The summed E-state index contributed by atoms with van der Waals surface area (Å²) in [6, 6.07) is 8.31. The van der Waals surface area contributed by atoms with E-state index in [1.807, 2.05) is 6.07 Å². The lowest BCUT2D eigenvalue weighted by atomic mass is 10.2. The molecule has 1 fully saturated rings. The summed E-state index contributed by atoms with van der Waals surface area (Å²) in [7, 11) is -3.02. The molecule has 1 aromatic carbocycles. The lowest BCUT2D eigenvalue weighted by Crippen LogP contribution is -2.44. The first kappa shape index (κ1) is 12.9. The number of amides is 1. The second kappa shape index (κ2) is 5.39. The Kier molecular flexibility index (Phi) is 3.86. The number of carbonyl (C=O) groups is 1. The Morgan fingerprint density at radius 1 is 1.28 bits per heavy atom. The van der Waals surface area contributed by atoms with Crippen LogP contribution < -0.4 is 10.1 Å². The molecule has 0 radical (unpaired) electrons. The fourth-order valence-electron chi connectivity index (χ4n) is 1.93. The molecule has 1 heterocycles. The van der Waals surface area contributed by atoms with Crippen LogP contribution in [0.4, 0.5) is 4.79 Å². The Hall–Kier alpha value is -1.56. The van der Waals surface area contributed by atoms with E-state index in [1.54, 1.807) is 24.3 Å². The molecule has 1 saturated heterocycles. The number of carbonyl (C=O) groups excluding carboxylic acids is 1. The number of hydrogen-bond acceptors (Lipinski definition) is 4. The molecule has 1 N–H and O–H groups in total. The fraction of sp³-hybridized carbons (Fsp3) is 0.417. The van der Waals surface area contributed by atoms with Gasteiger partial charge in [-0.2, -0.15) is 0 Å². The zero-order valence-corrected chi connectivity index (χ0v) is 10.7. The monoisotopic (exact) mass is 269 g/mol. The fourth-order valence-corrected chi connectivity index (χ4v) is 3.56. The van der Waals surface area contributed by atoms with Gasteiger partial charge in [-0.25, -0.2) is 13.2 Å². The summed E-state index contributed by atoms with van der Waals surface area (Å²) >= 11 is 0. The standard InChI is InChI=1S/C12H15NO4S/c14-12(17-11-6-2-1-3-7-11)13-10-5-4-8-18(15,16)9-10/h1-3,6-7,10H,4-5,8-9H2,(H,13,14). The van der Waals surface area contributed by atoms with Crippen molar-refractivity contribution >= 4 is 15.9 Å². The number of hydrogen-bond donors (Lipinski definition) is 1. The molecule has 98 valence electrons. The Morgan fingerprint density at radius 3 is 2.67 bits per heavy atom. The van der Waals surface area contributed by atoms with E-state index in [-0.39, 0.29) is 17.5 Å². The third-order valence-electron chi connectivity index (χ3n) is 2.74. The molecule has 0 bridgehead atoms. The SMILES string of the molecule is O=C(NC1CCCS(=O)(=O)C1)Oc1ccccc1. The van der Waals surface area contributed by atoms with Crippen LogP contribution in [0.5, 0.6) is 5.75 Å². The first-order chi connectivity index (χ1) is 8.55. The summed E-state index contributed by atoms with van der Waals surface area (Å²) in [5.41, 5.74) is 0. The lowest BCUT2D eigenvalue weighted by molar-refractivity contribution is 0.196. The van der Waals surface area contributed by atoms with E-state index in [9.17, 15) is 13.2 Å². The highest BCUT2D eigenvalue weighted by molar-refractivity contribution is 7.91. The largest absolute Gasteiger partial charge is 0.412 e. The van der Waals surface area contributed by atoms with Gasteiger partial charge in [0.25, 0.3) is 0 Å². The van der Waals surface area contributed by atoms with Gasteiger partial charge in [-0.15, -0.1) is 0 Å². The average molecular weight is 269 g/mol. The quantitative estimate of drug-likeness (QED) is 0.879. The zero-order chi connectivity index (χ0) is 13.0. The van der Waals surface area contributed by atoms with Crippen LogP contribution in [0.25, 0.3) is 0 Å². The highest BCUT2D eigenvalue weighted by atomic mass is 32.2. The minimum Gasteiger partial charge on any atom is -0.410 e. The molecule has 1 aliphatic rings. The van der Waals surface area contributed by atoms with Gasteiger partial charge in [-0.3, -0.25) is 0 Å².